The standard InChI is InChI=1S/C33H50B2O5Si/c1-29(2,3)41(27-20-14-12-15-21-27,28-22-16-13-17-23-28)36-25-26(35-39-32(8,9)33(10,11)40-35)19-18-24-34-37-30(4,5)31(6,7)38-34/h12-23,26H,24-25H2,1-11H3/b19-18-/t26-/m0/s1. The molecule has 0 bridgehead atoms. The highest BCUT2D eigenvalue weighted by atomic mass is 28.4. The summed E-state index contributed by atoms with van der Waals surface area (Å²) in [5.74, 6) is -0.125. The molecule has 2 fully saturated rings. The van der Waals surface area contributed by atoms with E-state index in [-0.39, 0.29) is 29.2 Å². The van der Waals surface area contributed by atoms with E-state index in [1.165, 1.54) is 10.4 Å². The van der Waals surface area contributed by atoms with E-state index >= 15 is 0 Å². The third kappa shape index (κ3) is 6.34. The van der Waals surface area contributed by atoms with Crippen molar-refractivity contribution in [3.8, 4) is 0 Å². The molecule has 8 heteroatoms. The van der Waals surface area contributed by atoms with Gasteiger partial charge in [-0.15, -0.1) is 0 Å². The Hall–Kier alpha value is -1.67. The number of benzene rings is 2. The Morgan fingerprint density at radius 3 is 1.54 bits per heavy atom. The van der Waals surface area contributed by atoms with Crippen LogP contribution in [0.5, 0.6) is 0 Å². The molecule has 2 aromatic carbocycles. The number of hydrogen-bond acceptors (Lipinski definition) is 5. The summed E-state index contributed by atoms with van der Waals surface area (Å²) in [7, 11) is -3.47. The van der Waals surface area contributed by atoms with Gasteiger partial charge in [0.25, 0.3) is 8.32 Å². The lowest BCUT2D eigenvalue weighted by molar-refractivity contribution is 0.00578. The average molecular weight is 576 g/mol. The molecular weight excluding hydrogens is 526 g/mol. The van der Waals surface area contributed by atoms with Gasteiger partial charge in [-0.05, 0) is 70.8 Å². The maximum absolute atomic E-state index is 7.33. The van der Waals surface area contributed by atoms with Crippen LogP contribution in [0.4, 0.5) is 0 Å². The largest absolute Gasteiger partial charge is 0.467 e. The molecule has 0 saturated carbocycles. The quantitative estimate of drug-likeness (QED) is 0.247. The molecule has 2 aromatic rings. The number of hydrogen-bond donors (Lipinski definition) is 0. The second kappa shape index (κ2) is 11.4. The fourth-order valence-electron chi connectivity index (χ4n) is 5.70. The van der Waals surface area contributed by atoms with E-state index in [1.807, 2.05) is 0 Å². The molecular formula is C33H50B2O5Si. The molecule has 0 aliphatic carbocycles. The van der Waals surface area contributed by atoms with E-state index in [1.54, 1.807) is 0 Å². The highest BCUT2D eigenvalue weighted by molar-refractivity contribution is 6.99. The fraction of sp³-hybridized carbons (Fsp3) is 0.576. The maximum Gasteiger partial charge on any atom is 0.467 e. The molecule has 2 aliphatic heterocycles. The predicted octanol–water partition coefficient (Wildman–Crippen LogP) is 6.67. The molecule has 2 heterocycles. The summed E-state index contributed by atoms with van der Waals surface area (Å²) in [5.41, 5.74) is -1.59. The Morgan fingerprint density at radius 2 is 1.12 bits per heavy atom. The second-order valence-electron chi connectivity index (χ2n) is 14.6. The van der Waals surface area contributed by atoms with Crippen molar-refractivity contribution in [1.29, 1.82) is 0 Å². The van der Waals surface area contributed by atoms with Crippen LogP contribution >= 0.6 is 0 Å². The van der Waals surface area contributed by atoms with Gasteiger partial charge in [0.1, 0.15) is 0 Å². The summed E-state index contributed by atoms with van der Waals surface area (Å²) in [5, 5.41) is 2.39. The van der Waals surface area contributed by atoms with E-state index in [2.05, 4.69) is 149 Å². The lowest BCUT2D eigenvalue weighted by Gasteiger charge is -2.43. The van der Waals surface area contributed by atoms with Gasteiger partial charge in [0, 0.05) is 18.7 Å². The van der Waals surface area contributed by atoms with Gasteiger partial charge in [0.05, 0.1) is 22.4 Å². The Morgan fingerprint density at radius 1 is 0.707 bits per heavy atom. The van der Waals surface area contributed by atoms with Crippen LogP contribution < -0.4 is 10.4 Å². The monoisotopic (exact) mass is 576 g/mol. The van der Waals surface area contributed by atoms with E-state index in [0.717, 1.165) is 0 Å². The van der Waals surface area contributed by atoms with Crippen molar-refractivity contribution in [1.82, 2.24) is 0 Å². The lowest BCUT2D eigenvalue weighted by Crippen LogP contribution is -2.67. The van der Waals surface area contributed by atoms with Gasteiger partial charge in [-0.2, -0.15) is 0 Å². The highest BCUT2D eigenvalue weighted by Gasteiger charge is 2.55. The zero-order valence-electron chi connectivity index (χ0n) is 27.1. The zero-order valence-corrected chi connectivity index (χ0v) is 28.1. The Kier molecular flexibility index (Phi) is 9.00. The summed E-state index contributed by atoms with van der Waals surface area (Å²) in [6, 6.07) is 21.5. The average Bonchev–Trinajstić information content (AvgIpc) is 3.22. The molecule has 222 valence electrons. The lowest BCUT2D eigenvalue weighted by atomic mass is 9.71. The van der Waals surface area contributed by atoms with Gasteiger partial charge in [-0.3, -0.25) is 0 Å². The van der Waals surface area contributed by atoms with Crippen molar-refractivity contribution in [2.75, 3.05) is 6.61 Å². The summed E-state index contributed by atoms with van der Waals surface area (Å²) in [6.45, 7) is 24.1. The molecule has 0 radical (unpaired) electrons. The van der Waals surface area contributed by atoms with E-state index in [0.29, 0.717) is 12.9 Å². The molecule has 0 spiro atoms. The summed E-state index contributed by atoms with van der Waals surface area (Å²) in [4.78, 5) is 0. The molecule has 0 amide bonds. The van der Waals surface area contributed by atoms with Crippen LogP contribution in [-0.2, 0) is 23.0 Å². The molecule has 1 atom stereocenters. The van der Waals surface area contributed by atoms with Gasteiger partial charge < -0.3 is 23.0 Å². The van der Waals surface area contributed by atoms with Crippen molar-refractivity contribution in [3.05, 3.63) is 72.8 Å². The molecule has 0 N–H and O–H groups in total. The van der Waals surface area contributed by atoms with Crippen LogP contribution in [0.25, 0.3) is 0 Å². The fourth-order valence-corrected chi connectivity index (χ4v) is 10.3. The second-order valence-corrected chi connectivity index (χ2v) is 18.9. The molecule has 2 aliphatic rings. The van der Waals surface area contributed by atoms with Crippen molar-refractivity contribution >= 4 is 32.9 Å². The minimum atomic E-state index is -2.73. The molecule has 41 heavy (non-hydrogen) atoms. The SMILES string of the molecule is CC1(C)OB(C/C=C\[C@@H](CO[Si](c2ccccc2)(c2ccccc2)C(C)(C)C)B2OC(C)(C)C(C)(C)O2)OC1(C)C. The van der Waals surface area contributed by atoms with Gasteiger partial charge in [0.15, 0.2) is 0 Å². The van der Waals surface area contributed by atoms with E-state index in [4.69, 9.17) is 23.0 Å². The van der Waals surface area contributed by atoms with Crippen LogP contribution in [0, 0.1) is 0 Å². The number of rotatable bonds is 9. The van der Waals surface area contributed by atoms with Crippen LogP contribution in [0.2, 0.25) is 17.2 Å². The van der Waals surface area contributed by atoms with E-state index < -0.39 is 26.6 Å². The summed E-state index contributed by atoms with van der Waals surface area (Å²) in [6.07, 6.45) is 4.97. The first kappa shape index (κ1) is 32.2. The Labute approximate surface area is 250 Å². The first-order valence-corrected chi connectivity index (χ1v) is 17.0. The molecule has 4 rings (SSSR count). The van der Waals surface area contributed by atoms with Crippen LogP contribution in [0.1, 0.15) is 76.2 Å². The Bertz CT molecular complexity index is 1120. The summed E-state index contributed by atoms with van der Waals surface area (Å²) < 4.78 is 33.0. The minimum Gasteiger partial charge on any atom is -0.407 e. The first-order valence-electron chi connectivity index (χ1n) is 15.0. The van der Waals surface area contributed by atoms with Gasteiger partial charge >= 0.3 is 14.2 Å². The van der Waals surface area contributed by atoms with Crippen molar-refractivity contribution in [3.63, 3.8) is 0 Å². The first-order chi connectivity index (χ1) is 18.9. The van der Waals surface area contributed by atoms with Gasteiger partial charge in [-0.1, -0.05) is 93.6 Å². The maximum atomic E-state index is 7.33. The topological polar surface area (TPSA) is 46.2 Å². The van der Waals surface area contributed by atoms with Crippen molar-refractivity contribution in [2.24, 2.45) is 0 Å². The van der Waals surface area contributed by atoms with Crippen LogP contribution in [-0.4, -0.2) is 51.6 Å². The number of allylic oxidation sites excluding steroid dienone is 1. The third-order valence-corrected chi connectivity index (χ3v) is 14.5. The van der Waals surface area contributed by atoms with Crippen LogP contribution in [0.15, 0.2) is 72.8 Å². The van der Waals surface area contributed by atoms with Gasteiger partial charge in [-0.25, -0.2) is 0 Å². The normalized spacial score (nSPS) is 22.4. The molecule has 2 saturated heterocycles. The molecule has 0 aromatic heterocycles. The Balaban J connectivity index is 1.67. The van der Waals surface area contributed by atoms with Crippen molar-refractivity contribution in [2.45, 2.75) is 116 Å². The summed E-state index contributed by atoms with van der Waals surface area (Å²) >= 11 is 0. The molecule has 0 unspecified atom stereocenters. The van der Waals surface area contributed by atoms with Crippen molar-refractivity contribution < 1.29 is 23.0 Å². The molecule has 5 nitrogen and oxygen atoms in total. The van der Waals surface area contributed by atoms with Crippen LogP contribution in [0.3, 0.4) is 0 Å². The minimum absolute atomic E-state index is 0.122. The zero-order chi connectivity index (χ0) is 30.3. The van der Waals surface area contributed by atoms with E-state index in [9.17, 15) is 0 Å². The predicted molar refractivity (Wildman–Crippen MR) is 173 cm³/mol. The third-order valence-electron chi connectivity index (χ3n) is 9.54. The van der Waals surface area contributed by atoms with Gasteiger partial charge in [0.2, 0.25) is 0 Å². The smallest absolute Gasteiger partial charge is 0.407 e. The highest BCUT2D eigenvalue weighted by Crippen LogP contribution is 2.43.